The zero-order valence-electron chi connectivity index (χ0n) is 16.1. The van der Waals surface area contributed by atoms with Crippen LogP contribution in [0.25, 0.3) is 6.08 Å². The number of hydrogen-bond donors (Lipinski definition) is 3. The van der Waals surface area contributed by atoms with Gasteiger partial charge in [0.1, 0.15) is 5.75 Å². The van der Waals surface area contributed by atoms with E-state index in [1.807, 2.05) is 0 Å². The van der Waals surface area contributed by atoms with Crippen molar-refractivity contribution in [3.63, 3.8) is 0 Å². The first kappa shape index (κ1) is 23.3. The molecule has 0 heterocycles. The van der Waals surface area contributed by atoms with Crippen LogP contribution in [0.15, 0.2) is 36.4 Å². The standard InChI is InChI=1S/C21H19Cl2NO6/c1-11(2)21(29)24-17-5-4-14(10-13(17)3-6-18(25)26)30-20-15(22)7-12(8-16(20)23)9-19(27)28/h3-8,10-11H,9H2,1-2H3,(H,24,29)(H,25,26)(H,27,28)/b6-3+. The molecule has 30 heavy (non-hydrogen) atoms. The molecule has 2 aromatic carbocycles. The number of benzene rings is 2. The van der Waals surface area contributed by atoms with Crippen LogP contribution in [0.5, 0.6) is 11.5 Å². The minimum atomic E-state index is -1.15. The van der Waals surface area contributed by atoms with Crippen molar-refractivity contribution < 1.29 is 29.3 Å². The summed E-state index contributed by atoms with van der Waals surface area (Å²) in [4.78, 5) is 33.8. The Morgan fingerprint density at radius 3 is 2.27 bits per heavy atom. The van der Waals surface area contributed by atoms with Gasteiger partial charge in [-0.3, -0.25) is 9.59 Å². The van der Waals surface area contributed by atoms with E-state index >= 15 is 0 Å². The Morgan fingerprint density at radius 1 is 1.10 bits per heavy atom. The lowest BCUT2D eigenvalue weighted by molar-refractivity contribution is -0.136. The van der Waals surface area contributed by atoms with Gasteiger partial charge in [-0.25, -0.2) is 4.79 Å². The number of amides is 1. The van der Waals surface area contributed by atoms with Gasteiger partial charge in [-0.15, -0.1) is 0 Å². The maximum absolute atomic E-state index is 12.0. The normalized spacial score (nSPS) is 11.0. The van der Waals surface area contributed by atoms with E-state index in [-0.39, 0.29) is 39.8 Å². The monoisotopic (exact) mass is 451 g/mol. The highest BCUT2D eigenvalue weighted by Crippen LogP contribution is 2.38. The Balaban J connectivity index is 2.38. The number of rotatable bonds is 8. The van der Waals surface area contributed by atoms with E-state index in [0.717, 1.165) is 6.08 Å². The average molecular weight is 452 g/mol. The molecule has 2 rings (SSSR count). The maximum atomic E-state index is 12.0. The Bertz CT molecular complexity index is 994. The lowest BCUT2D eigenvalue weighted by atomic mass is 10.1. The highest BCUT2D eigenvalue weighted by molar-refractivity contribution is 6.37. The fraction of sp³-hybridized carbons (Fsp3) is 0.190. The number of carboxylic acid groups (broad SMARTS) is 2. The maximum Gasteiger partial charge on any atom is 0.328 e. The molecule has 1 amide bonds. The van der Waals surface area contributed by atoms with Gasteiger partial charge < -0.3 is 20.3 Å². The van der Waals surface area contributed by atoms with Crippen molar-refractivity contribution >= 4 is 52.8 Å². The van der Waals surface area contributed by atoms with Crippen LogP contribution in [0, 0.1) is 5.92 Å². The number of ether oxygens (including phenoxy) is 1. The van der Waals surface area contributed by atoms with Crippen molar-refractivity contribution in [1.82, 2.24) is 0 Å². The molecule has 158 valence electrons. The average Bonchev–Trinajstić information content (AvgIpc) is 2.63. The summed E-state index contributed by atoms with van der Waals surface area (Å²) >= 11 is 12.4. The molecule has 0 aromatic heterocycles. The molecule has 0 atom stereocenters. The van der Waals surface area contributed by atoms with Crippen LogP contribution in [0.4, 0.5) is 5.69 Å². The van der Waals surface area contributed by atoms with Crippen LogP contribution >= 0.6 is 23.2 Å². The summed E-state index contributed by atoms with van der Waals surface area (Å²) in [5.41, 5.74) is 1.23. The highest BCUT2D eigenvalue weighted by Gasteiger charge is 2.15. The number of carbonyl (C=O) groups is 3. The number of carbonyl (C=O) groups excluding carboxylic acids is 1. The fourth-order valence-electron chi connectivity index (χ4n) is 2.40. The van der Waals surface area contributed by atoms with Crippen molar-refractivity contribution in [2.24, 2.45) is 5.92 Å². The van der Waals surface area contributed by atoms with E-state index < -0.39 is 11.9 Å². The van der Waals surface area contributed by atoms with Crippen LogP contribution in [0.1, 0.15) is 25.0 Å². The van der Waals surface area contributed by atoms with Crippen molar-refractivity contribution in [2.45, 2.75) is 20.3 Å². The van der Waals surface area contributed by atoms with Gasteiger partial charge in [0.25, 0.3) is 0 Å². The molecular formula is C21H19Cl2NO6. The largest absolute Gasteiger partial charge is 0.481 e. The Labute approximate surface area is 182 Å². The number of hydrogen-bond acceptors (Lipinski definition) is 4. The van der Waals surface area contributed by atoms with Crippen LogP contribution in [-0.2, 0) is 20.8 Å². The Kier molecular flexibility index (Phi) is 7.86. The third kappa shape index (κ3) is 6.50. The molecule has 0 fully saturated rings. The number of nitrogens with one attached hydrogen (secondary N) is 1. The van der Waals surface area contributed by atoms with E-state index in [2.05, 4.69) is 5.32 Å². The molecule has 2 aromatic rings. The van der Waals surface area contributed by atoms with E-state index in [0.29, 0.717) is 16.8 Å². The topological polar surface area (TPSA) is 113 Å². The summed E-state index contributed by atoms with van der Waals surface area (Å²) < 4.78 is 5.75. The molecule has 0 unspecified atom stereocenters. The summed E-state index contributed by atoms with van der Waals surface area (Å²) in [6, 6.07) is 7.54. The Morgan fingerprint density at radius 2 is 1.73 bits per heavy atom. The lowest BCUT2D eigenvalue weighted by Gasteiger charge is -2.14. The van der Waals surface area contributed by atoms with Gasteiger partial charge in [0, 0.05) is 23.2 Å². The Hall–Kier alpha value is -3.03. The first-order valence-electron chi connectivity index (χ1n) is 8.80. The van der Waals surface area contributed by atoms with Crippen LogP contribution < -0.4 is 10.1 Å². The molecule has 7 nitrogen and oxygen atoms in total. The second kappa shape index (κ2) is 10.1. The second-order valence-electron chi connectivity index (χ2n) is 6.63. The van der Waals surface area contributed by atoms with Gasteiger partial charge in [-0.2, -0.15) is 0 Å². The molecule has 0 bridgehead atoms. The van der Waals surface area contributed by atoms with Crippen LogP contribution in [-0.4, -0.2) is 28.1 Å². The zero-order valence-corrected chi connectivity index (χ0v) is 17.6. The molecule has 3 N–H and O–H groups in total. The molecule has 0 aliphatic carbocycles. The third-order valence-corrected chi connectivity index (χ3v) is 4.41. The summed E-state index contributed by atoms with van der Waals surface area (Å²) in [7, 11) is 0. The van der Waals surface area contributed by atoms with E-state index in [4.69, 9.17) is 38.2 Å². The summed E-state index contributed by atoms with van der Waals surface area (Å²) in [5, 5.41) is 20.8. The van der Waals surface area contributed by atoms with E-state index in [1.54, 1.807) is 26.0 Å². The number of carboxylic acids is 2. The van der Waals surface area contributed by atoms with Gasteiger partial charge >= 0.3 is 11.9 Å². The number of halogens is 2. The summed E-state index contributed by atoms with van der Waals surface area (Å²) in [6.45, 7) is 3.47. The molecule has 0 aliphatic heterocycles. The molecule has 9 heteroatoms. The minimum Gasteiger partial charge on any atom is -0.481 e. The van der Waals surface area contributed by atoms with Gasteiger partial charge in [0.15, 0.2) is 5.75 Å². The smallest absolute Gasteiger partial charge is 0.328 e. The molecule has 0 saturated heterocycles. The predicted octanol–water partition coefficient (Wildman–Crippen LogP) is 5.11. The first-order valence-corrected chi connectivity index (χ1v) is 9.56. The van der Waals surface area contributed by atoms with Crippen LogP contribution in [0.3, 0.4) is 0 Å². The lowest BCUT2D eigenvalue weighted by Crippen LogP contribution is -2.18. The second-order valence-corrected chi connectivity index (χ2v) is 7.44. The first-order chi connectivity index (χ1) is 14.1. The molecule has 0 aliphatic rings. The molecule has 0 saturated carbocycles. The quantitative estimate of drug-likeness (QED) is 0.480. The van der Waals surface area contributed by atoms with Crippen LogP contribution in [0.2, 0.25) is 10.0 Å². The molecular weight excluding hydrogens is 433 g/mol. The SMILES string of the molecule is CC(C)C(=O)Nc1ccc(Oc2c(Cl)cc(CC(=O)O)cc2Cl)cc1/C=C/C(=O)O. The molecule has 0 spiro atoms. The fourth-order valence-corrected chi connectivity index (χ4v) is 3.01. The van der Waals surface area contributed by atoms with Gasteiger partial charge in [-0.1, -0.05) is 37.0 Å². The molecule has 0 radical (unpaired) electrons. The van der Waals surface area contributed by atoms with Crippen molar-refractivity contribution in [3.8, 4) is 11.5 Å². The van der Waals surface area contributed by atoms with Crippen molar-refractivity contribution in [1.29, 1.82) is 0 Å². The van der Waals surface area contributed by atoms with Crippen molar-refractivity contribution in [3.05, 3.63) is 57.6 Å². The zero-order chi connectivity index (χ0) is 22.4. The summed E-state index contributed by atoms with van der Waals surface area (Å²) in [5.74, 6) is -2.25. The highest BCUT2D eigenvalue weighted by atomic mass is 35.5. The van der Waals surface area contributed by atoms with Gasteiger partial charge in [0.05, 0.1) is 16.5 Å². The van der Waals surface area contributed by atoms with Crippen molar-refractivity contribution in [2.75, 3.05) is 5.32 Å². The van der Waals surface area contributed by atoms with E-state index in [9.17, 15) is 14.4 Å². The van der Waals surface area contributed by atoms with Gasteiger partial charge in [-0.05, 0) is 42.0 Å². The number of anilines is 1. The van der Waals surface area contributed by atoms with Gasteiger partial charge in [0.2, 0.25) is 5.91 Å². The minimum absolute atomic E-state index is 0.124. The summed E-state index contributed by atoms with van der Waals surface area (Å²) in [6.07, 6.45) is 2.02. The predicted molar refractivity (Wildman–Crippen MR) is 114 cm³/mol. The third-order valence-electron chi connectivity index (χ3n) is 3.84. The number of aliphatic carboxylic acids is 2. The van der Waals surface area contributed by atoms with E-state index in [1.165, 1.54) is 24.3 Å².